The number of rotatable bonds is 5. The summed E-state index contributed by atoms with van der Waals surface area (Å²) in [6.07, 6.45) is 1.21. The monoisotopic (exact) mass is 434 g/mol. The van der Waals surface area contributed by atoms with Gasteiger partial charge in [0.1, 0.15) is 19.0 Å². The van der Waals surface area contributed by atoms with Gasteiger partial charge in [0.25, 0.3) is 0 Å². The molecule has 30 heavy (non-hydrogen) atoms. The van der Waals surface area contributed by atoms with Crippen LogP contribution in [0, 0.1) is 11.7 Å². The Labute approximate surface area is 174 Å². The lowest BCUT2D eigenvalue weighted by molar-refractivity contribution is -0.120. The second-order valence-electron chi connectivity index (χ2n) is 7.43. The third-order valence-corrected chi connectivity index (χ3v) is 7.04. The molecule has 1 amide bonds. The third kappa shape index (κ3) is 4.73. The van der Waals surface area contributed by atoms with Crippen molar-refractivity contribution in [3.05, 3.63) is 53.8 Å². The lowest BCUT2D eigenvalue weighted by atomic mass is 9.98. The van der Waals surface area contributed by atoms with Crippen LogP contribution in [0.25, 0.3) is 0 Å². The standard InChI is InChI=1S/C21H23FN2O5S/c22-17-5-3-15(4-6-17)14-30(26,27)24-9-1-2-16(13-24)21(25)23-18-7-8-19-20(12-18)29-11-10-28-19/h3-8,12,16H,1-2,9-11,13-14H2,(H,23,25)/t16-/m1/s1. The van der Waals surface area contributed by atoms with E-state index in [4.69, 9.17) is 9.47 Å². The first-order valence-corrected chi connectivity index (χ1v) is 11.4. The van der Waals surface area contributed by atoms with E-state index in [1.165, 1.54) is 28.6 Å². The summed E-state index contributed by atoms with van der Waals surface area (Å²) < 4.78 is 51.0. The summed E-state index contributed by atoms with van der Waals surface area (Å²) in [6.45, 7) is 1.44. The van der Waals surface area contributed by atoms with Crippen molar-refractivity contribution in [2.45, 2.75) is 18.6 Å². The van der Waals surface area contributed by atoms with Crippen molar-refractivity contribution in [1.29, 1.82) is 0 Å². The topological polar surface area (TPSA) is 84.9 Å². The van der Waals surface area contributed by atoms with Crippen LogP contribution in [-0.2, 0) is 20.6 Å². The lowest BCUT2D eigenvalue weighted by Crippen LogP contribution is -2.44. The normalized spacial score (nSPS) is 19.3. The molecule has 7 nitrogen and oxygen atoms in total. The van der Waals surface area contributed by atoms with E-state index in [0.717, 1.165) is 0 Å². The molecule has 1 N–H and O–H groups in total. The van der Waals surface area contributed by atoms with Crippen LogP contribution in [0.5, 0.6) is 11.5 Å². The average Bonchev–Trinajstić information content (AvgIpc) is 2.75. The van der Waals surface area contributed by atoms with Gasteiger partial charge in [-0.1, -0.05) is 12.1 Å². The van der Waals surface area contributed by atoms with E-state index in [-0.39, 0.29) is 18.2 Å². The van der Waals surface area contributed by atoms with Crippen molar-refractivity contribution >= 4 is 21.6 Å². The molecule has 0 aromatic heterocycles. The van der Waals surface area contributed by atoms with Gasteiger partial charge in [-0.2, -0.15) is 0 Å². The van der Waals surface area contributed by atoms with Gasteiger partial charge in [0.2, 0.25) is 15.9 Å². The van der Waals surface area contributed by atoms with Crippen molar-refractivity contribution in [2.75, 3.05) is 31.6 Å². The number of halogens is 1. The van der Waals surface area contributed by atoms with Crippen molar-refractivity contribution in [1.82, 2.24) is 4.31 Å². The van der Waals surface area contributed by atoms with E-state index in [0.29, 0.717) is 55.4 Å². The zero-order chi connectivity index (χ0) is 21.1. The second-order valence-corrected chi connectivity index (χ2v) is 9.40. The number of nitrogens with zero attached hydrogens (tertiary/aromatic N) is 1. The highest BCUT2D eigenvalue weighted by molar-refractivity contribution is 7.88. The van der Waals surface area contributed by atoms with Gasteiger partial charge in [-0.3, -0.25) is 4.79 Å². The number of benzene rings is 2. The van der Waals surface area contributed by atoms with Crippen LogP contribution in [0.3, 0.4) is 0 Å². The first kappa shape index (κ1) is 20.6. The number of piperidine rings is 1. The van der Waals surface area contributed by atoms with E-state index >= 15 is 0 Å². The fraction of sp³-hybridized carbons (Fsp3) is 0.381. The number of anilines is 1. The first-order chi connectivity index (χ1) is 14.4. The van der Waals surface area contributed by atoms with Crippen molar-refractivity contribution in [2.24, 2.45) is 5.92 Å². The number of hydrogen-bond donors (Lipinski definition) is 1. The second kappa shape index (κ2) is 8.61. The highest BCUT2D eigenvalue weighted by Crippen LogP contribution is 2.33. The maximum atomic E-state index is 13.1. The zero-order valence-corrected chi connectivity index (χ0v) is 17.2. The highest BCUT2D eigenvalue weighted by Gasteiger charge is 2.32. The number of hydrogen-bond acceptors (Lipinski definition) is 5. The van der Waals surface area contributed by atoms with Crippen LogP contribution in [0.4, 0.5) is 10.1 Å². The molecule has 0 radical (unpaired) electrons. The number of sulfonamides is 1. The molecule has 0 bridgehead atoms. The number of ether oxygens (including phenoxy) is 2. The minimum atomic E-state index is -3.61. The molecule has 1 fully saturated rings. The summed E-state index contributed by atoms with van der Waals surface area (Å²) in [5, 5.41) is 2.85. The Bertz CT molecular complexity index is 1030. The molecule has 160 valence electrons. The molecule has 2 aromatic carbocycles. The number of carbonyl (C=O) groups is 1. The molecule has 1 atom stereocenters. The molecular weight excluding hydrogens is 411 g/mol. The first-order valence-electron chi connectivity index (χ1n) is 9.83. The molecule has 9 heteroatoms. The van der Waals surface area contributed by atoms with E-state index in [1.54, 1.807) is 18.2 Å². The fourth-order valence-electron chi connectivity index (χ4n) is 3.66. The van der Waals surface area contributed by atoms with Gasteiger partial charge in [0.05, 0.1) is 11.7 Å². The Kier molecular flexibility index (Phi) is 5.92. The zero-order valence-electron chi connectivity index (χ0n) is 16.3. The van der Waals surface area contributed by atoms with E-state index < -0.39 is 21.8 Å². The van der Waals surface area contributed by atoms with Gasteiger partial charge in [0.15, 0.2) is 11.5 Å². The minimum Gasteiger partial charge on any atom is -0.486 e. The summed E-state index contributed by atoms with van der Waals surface area (Å²) in [7, 11) is -3.61. The quantitative estimate of drug-likeness (QED) is 0.782. The largest absolute Gasteiger partial charge is 0.486 e. The molecule has 2 aliphatic heterocycles. The van der Waals surface area contributed by atoms with Gasteiger partial charge in [-0.15, -0.1) is 0 Å². The molecule has 0 unspecified atom stereocenters. The van der Waals surface area contributed by atoms with Gasteiger partial charge >= 0.3 is 0 Å². The SMILES string of the molecule is O=C(Nc1ccc2c(c1)OCCO2)[C@@H]1CCCN(S(=O)(=O)Cc2ccc(F)cc2)C1. The number of amides is 1. The van der Waals surface area contributed by atoms with Crippen LogP contribution >= 0.6 is 0 Å². The van der Waals surface area contributed by atoms with Crippen molar-refractivity contribution in [3.8, 4) is 11.5 Å². The Hall–Kier alpha value is -2.65. The van der Waals surface area contributed by atoms with Gasteiger partial charge < -0.3 is 14.8 Å². The predicted octanol–water partition coefficient (Wildman–Crippen LogP) is 2.78. The van der Waals surface area contributed by atoms with Crippen molar-refractivity contribution < 1.29 is 27.1 Å². The Morgan fingerprint density at radius 1 is 1.10 bits per heavy atom. The van der Waals surface area contributed by atoms with E-state index in [1.807, 2.05) is 0 Å². The lowest BCUT2D eigenvalue weighted by Gasteiger charge is -2.31. The van der Waals surface area contributed by atoms with Crippen LogP contribution < -0.4 is 14.8 Å². The summed E-state index contributed by atoms with van der Waals surface area (Å²) in [5.41, 5.74) is 1.09. The maximum absolute atomic E-state index is 13.1. The molecule has 0 saturated carbocycles. The van der Waals surface area contributed by atoms with E-state index in [9.17, 15) is 17.6 Å². The Morgan fingerprint density at radius 3 is 2.60 bits per heavy atom. The summed E-state index contributed by atoms with van der Waals surface area (Å²) in [4.78, 5) is 12.8. The molecule has 4 rings (SSSR count). The average molecular weight is 434 g/mol. The fourth-order valence-corrected chi connectivity index (χ4v) is 5.27. The molecular formula is C21H23FN2O5S. The number of fused-ring (bicyclic) bond motifs is 1. The number of carbonyl (C=O) groups excluding carboxylic acids is 1. The number of nitrogens with one attached hydrogen (secondary N) is 1. The summed E-state index contributed by atoms with van der Waals surface area (Å²) in [5.74, 6) is -0.0986. The van der Waals surface area contributed by atoms with E-state index in [2.05, 4.69) is 5.32 Å². The molecule has 2 heterocycles. The molecule has 2 aliphatic rings. The summed E-state index contributed by atoms with van der Waals surface area (Å²) >= 11 is 0. The van der Waals surface area contributed by atoms with Crippen molar-refractivity contribution in [3.63, 3.8) is 0 Å². The predicted molar refractivity (Wildman–Crippen MR) is 109 cm³/mol. The molecule has 2 aromatic rings. The molecule has 0 spiro atoms. The highest BCUT2D eigenvalue weighted by atomic mass is 32.2. The van der Waals surface area contributed by atoms with Crippen LogP contribution in [0.1, 0.15) is 18.4 Å². The van der Waals surface area contributed by atoms with Gasteiger partial charge in [-0.05, 0) is 42.7 Å². The van der Waals surface area contributed by atoms with Gasteiger partial charge in [0, 0.05) is 24.8 Å². The smallest absolute Gasteiger partial charge is 0.228 e. The maximum Gasteiger partial charge on any atom is 0.228 e. The van der Waals surface area contributed by atoms with Crippen LogP contribution in [0.15, 0.2) is 42.5 Å². The Morgan fingerprint density at radius 2 is 1.83 bits per heavy atom. The third-order valence-electron chi connectivity index (χ3n) is 5.22. The molecule has 0 aliphatic carbocycles. The minimum absolute atomic E-state index is 0.125. The van der Waals surface area contributed by atoms with Crippen LogP contribution in [0.2, 0.25) is 0 Å². The van der Waals surface area contributed by atoms with Gasteiger partial charge in [-0.25, -0.2) is 17.1 Å². The Balaban J connectivity index is 1.40. The summed E-state index contributed by atoms with van der Waals surface area (Å²) in [6, 6.07) is 10.6. The molecule has 1 saturated heterocycles. The van der Waals surface area contributed by atoms with Crippen LogP contribution in [-0.4, -0.2) is 44.9 Å².